The maximum Gasteiger partial charge on any atom is 0.416 e. The minimum Gasteiger partial charge on any atom is -0.356 e. The van der Waals surface area contributed by atoms with E-state index in [0.29, 0.717) is 18.1 Å². The minimum atomic E-state index is -4.41. The van der Waals surface area contributed by atoms with Gasteiger partial charge < -0.3 is 9.47 Å². The SMILES string of the molecule is Cn1c2c(c3ccccc31)CCN(c1cccc(C(F)(F)F)c1)C2c1nnnn1C1CCCCC1. The van der Waals surface area contributed by atoms with E-state index in [-0.39, 0.29) is 6.04 Å². The fourth-order valence-corrected chi connectivity index (χ4v) is 5.98. The van der Waals surface area contributed by atoms with Crippen LogP contribution in [0.2, 0.25) is 0 Å². The van der Waals surface area contributed by atoms with Crippen molar-refractivity contribution < 1.29 is 13.2 Å². The van der Waals surface area contributed by atoms with Crippen LogP contribution in [0.15, 0.2) is 48.5 Å². The molecule has 1 atom stereocenters. The van der Waals surface area contributed by atoms with Gasteiger partial charge in [0.25, 0.3) is 0 Å². The van der Waals surface area contributed by atoms with Crippen LogP contribution in [0.4, 0.5) is 18.9 Å². The third-order valence-corrected chi connectivity index (χ3v) is 7.62. The predicted octanol–water partition coefficient (Wildman–Crippen LogP) is 5.84. The second-order valence-electron chi connectivity index (χ2n) is 9.61. The first-order valence-corrected chi connectivity index (χ1v) is 12.2. The van der Waals surface area contributed by atoms with Crippen LogP contribution in [-0.4, -0.2) is 31.3 Å². The largest absolute Gasteiger partial charge is 0.416 e. The number of benzene rings is 2. The average molecular weight is 481 g/mol. The van der Waals surface area contributed by atoms with Gasteiger partial charge in [0, 0.05) is 30.2 Å². The summed E-state index contributed by atoms with van der Waals surface area (Å²) in [5, 5.41) is 14.1. The van der Waals surface area contributed by atoms with E-state index in [4.69, 9.17) is 0 Å². The standard InChI is InChI=1S/C26H27F3N6/c1-33-22-13-6-5-12-20(22)21-14-15-34(19-11-7-8-17(16-19)26(27,28)29)24(23(21)33)25-30-31-32-35(25)18-9-3-2-4-10-18/h5-8,11-13,16,18,24H,2-4,9-10,14-15H2,1H3. The van der Waals surface area contributed by atoms with Crippen molar-refractivity contribution in [3.05, 3.63) is 71.2 Å². The van der Waals surface area contributed by atoms with Crippen LogP contribution in [0.1, 0.15) is 66.8 Å². The Balaban J connectivity index is 1.55. The highest BCUT2D eigenvalue weighted by Crippen LogP contribution is 2.43. The first kappa shape index (κ1) is 22.1. The maximum atomic E-state index is 13.6. The number of hydrogen-bond donors (Lipinski definition) is 0. The van der Waals surface area contributed by atoms with Gasteiger partial charge in [0.2, 0.25) is 0 Å². The van der Waals surface area contributed by atoms with Crippen molar-refractivity contribution in [1.82, 2.24) is 24.8 Å². The molecule has 35 heavy (non-hydrogen) atoms. The summed E-state index contributed by atoms with van der Waals surface area (Å²) in [6.45, 7) is 0.574. The van der Waals surface area contributed by atoms with Crippen LogP contribution in [-0.2, 0) is 19.6 Å². The normalized spacial score (nSPS) is 19.3. The van der Waals surface area contributed by atoms with E-state index < -0.39 is 17.8 Å². The molecule has 0 N–H and O–H groups in total. The molecule has 0 bridgehead atoms. The molecule has 4 aromatic rings. The number of rotatable bonds is 3. The summed E-state index contributed by atoms with van der Waals surface area (Å²) < 4.78 is 44.9. The summed E-state index contributed by atoms with van der Waals surface area (Å²) in [5.74, 6) is 0.696. The monoisotopic (exact) mass is 480 g/mol. The molecule has 0 radical (unpaired) electrons. The van der Waals surface area contributed by atoms with Gasteiger partial charge >= 0.3 is 6.18 Å². The summed E-state index contributed by atoms with van der Waals surface area (Å²) in [7, 11) is 2.03. The van der Waals surface area contributed by atoms with E-state index in [1.165, 1.54) is 29.5 Å². The number of para-hydroxylation sites is 1. The second kappa shape index (κ2) is 8.39. The Morgan fingerprint density at radius 2 is 1.77 bits per heavy atom. The van der Waals surface area contributed by atoms with Crippen molar-refractivity contribution >= 4 is 16.6 Å². The molecule has 2 aliphatic rings. The second-order valence-corrected chi connectivity index (χ2v) is 9.61. The summed E-state index contributed by atoms with van der Waals surface area (Å²) in [5.41, 5.74) is 3.24. The van der Waals surface area contributed by atoms with Crippen LogP contribution in [0.5, 0.6) is 0 Å². The van der Waals surface area contributed by atoms with Crippen LogP contribution < -0.4 is 4.90 Å². The Kier molecular flexibility index (Phi) is 5.30. The molecule has 2 aromatic carbocycles. The molecule has 1 aliphatic heterocycles. The zero-order valence-electron chi connectivity index (χ0n) is 19.5. The third-order valence-electron chi connectivity index (χ3n) is 7.62. The Bertz CT molecular complexity index is 1370. The Hall–Kier alpha value is -3.36. The fourth-order valence-electron chi connectivity index (χ4n) is 5.98. The molecule has 0 spiro atoms. The highest BCUT2D eigenvalue weighted by molar-refractivity contribution is 5.86. The number of nitrogens with zero attached hydrogens (tertiary/aromatic N) is 6. The lowest BCUT2D eigenvalue weighted by Crippen LogP contribution is -2.39. The van der Waals surface area contributed by atoms with Crippen molar-refractivity contribution in [3.8, 4) is 0 Å². The predicted molar refractivity (Wildman–Crippen MR) is 127 cm³/mol. The van der Waals surface area contributed by atoms with E-state index >= 15 is 0 Å². The number of alkyl halides is 3. The van der Waals surface area contributed by atoms with Crippen LogP contribution >= 0.6 is 0 Å². The maximum absolute atomic E-state index is 13.6. The van der Waals surface area contributed by atoms with Crippen molar-refractivity contribution in [2.75, 3.05) is 11.4 Å². The molecule has 6 nitrogen and oxygen atoms in total. The molecular weight excluding hydrogens is 453 g/mol. The molecule has 0 amide bonds. The lowest BCUT2D eigenvalue weighted by atomic mass is 9.93. The molecule has 2 aromatic heterocycles. The first-order valence-electron chi connectivity index (χ1n) is 12.2. The van der Waals surface area contributed by atoms with Crippen LogP contribution in [0.3, 0.4) is 0 Å². The molecule has 182 valence electrons. The van der Waals surface area contributed by atoms with Gasteiger partial charge in [-0.15, -0.1) is 5.10 Å². The number of halogens is 3. The van der Waals surface area contributed by atoms with Gasteiger partial charge in [-0.25, -0.2) is 4.68 Å². The van der Waals surface area contributed by atoms with Crippen LogP contribution in [0, 0.1) is 0 Å². The lowest BCUT2D eigenvalue weighted by molar-refractivity contribution is -0.137. The number of aromatic nitrogens is 5. The summed E-state index contributed by atoms with van der Waals surface area (Å²) >= 11 is 0. The molecule has 3 heterocycles. The molecule has 9 heteroatoms. The third kappa shape index (κ3) is 3.68. The Morgan fingerprint density at radius 3 is 2.57 bits per heavy atom. The van der Waals surface area contributed by atoms with Gasteiger partial charge in [0.1, 0.15) is 6.04 Å². The smallest absolute Gasteiger partial charge is 0.356 e. The Labute approximate surface area is 201 Å². The number of hydrogen-bond acceptors (Lipinski definition) is 4. The van der Waals surface area contributed by atoms with Crippen molar-refractivity contribution in [2.24, 2.45) is 7.05 Å². The van der Waals surface area contributed by atoms with Crippen molar-refractivity contribution in [2.45, 2.75) is 56.8 Å². The fraction of sp³-hybridized carbons (Fsp3) is 0.423. The quantitative estimate of drug-likeness (QED) is 0.370. The van der Waals surface area contributed by atoms with Gasteiger partial charge in [0.05, 0.1) is 17.3 Å². The number of aryl methyl sites for hydroxylation is 1. The minimum absolute atomic E-state index is 0.206. The molecule has 0 saturated heterocycles. The zero-order chi connectivity index (χ0) is 24.2. The van der Waals surface area contributed by atoms with E-state index in [2.05, 4.69) is 32.2 Å². The average Bonchev–Trinajstić information content (AvgIpc) is 3.47. The van der Waals surface area contributed by atoms with E-state index in [1.807, 2.05) is 28.8 Å². The topological polar surface area (TPSA) is 51.8 Å². The van der Waals surface area contributed by atoms with Gasteiger partial charge in [-0.2, -0.15) is 13.2 Å². The summed E-state index contributed by atoms with van der Waals surface area (Å²) in [6, 6.07) is 13.7. The molecule has 1 fully saturated rings. The molecule has 6 rings (SSSR count). The number of anilines is 1. The summed E-state index contributed by atoms with van der Waals surface area (Å²) in [4.78, 5) is 2.04. The molecule has 1 aliphatic carbocycles. The molecular formula is C26H27F3N6. The Morgan fingerprint density at radius 1 is 0.971 bits per heavy atom. The van der Waals surface area contributed by atoms with Crippen molar-refractivity contribution in [3.63, 3.8) is 0 Å². The number of fused-ring (bicyclic) bond motifs is 3. The van der Waals surface area contributed by atoms with Gasteiger partial charge in [-0.1, -0.05) is 43.5 Å². The van der Waals surface area contributed by atoms with Gasteiger partial charge in [0.15, 0.2) is 5.82 Å². The highest BCUT2D eigenvalue weighted by atomic mass is 19.4. The zero-order valence-corrected chi connectivity index (χ0v) is 19.5. The lowest BCUT2D eigenvalue weighted by Gasteiger charge is -2.38. The number of tetrazole rings is 1. The van der Waals surface area contributed by atoms with E-state index in [0.717, 1.165) is 49.4 Å². The van der Waals surface area contributed by atoms with E-state index in [1.54, 1.807) is 6.07 Å². The van der Waals surface area contributed by atoms with Crippen LogP contribution in [0.25, 0.3) is 10.9 Å². The highest BCUT2D eigenvalue weighted by Gasteiger charge is 2.39. The molecule has 1 saturated carbocycles. The molecule has 1 unspecified atom stereocenters. The van der Waals surface area contributed by atoms with Crippen molar-refractivity contribution in [1.29, 1.82) is 0 Å². The van der Waals surface area contributed by atoms with E-state index in [9.17, 15) is 13.2 Å². The van der Waals surface area contributed by atoms with Gasteiger partial charge in [-0.05, 0) is 59.5 Å². The van der Waals surface area contributed by atoms with Gasteiger partial charge in [-0.3, -0.25) is 0 Å². The first-order chi connectivity index (χ1) is 16.9. The summed E-state index contributed by atoms with van der Waals surface area (Å²) in [6.07, 6.45) is 1.81.